The van der Waals surface area contributed by atoms with Crippen molar-refractivity contribution in [2.24, 2.45) is 0 Å². The van der Waals surface area contributed by atoms with E-state index in [0.29, 0.717) is 18.5 Å². The number of allylic oxidation sites excluding steroid dienone is 1. The third-order valence-electron chi connectivity index (χ3n) is 2.28. The first-order valence-corrected chi connectivity index (χ1v) is 6.82. The minimum absolute atomic E-state index is 0.00187. The first-order chi connectivity index (χ1) is 7.97. The number of hydrogen-bond donors (Lipinski definition) is 1. The average molecular weight is 257 g/mol. The van der Waals surface area contributed by atoms with Crippen molar-refractivity contribution in [1.82, 2.24) is 4.72 Å². The van der Waals surface area contributed by atoms with Crippen LogP contribution in [0.25, 0.3) is 0 Å². The lowest BCUT2D eigenvalue weighted by Crippen LogP contribution is -2.25. The highest BCUT2D eigenvalue weighted by atomic mass is 32.2. The molecule has 0 amide bonds. The molecule has 0 bridgehead atoms. The minimum atomic E-state index is -3.62. The van der Waals surface area contributed by atoms with Crippen molar-refractivity contribution in [3.05, 3.63) is 41.7 Å². The van der Waals surface area contributed by atoms with E-state index in [1.807, 2.05) is 19.1 Å². The number of nitrogens with one attached hydrogen (secondary N) is 1. The summed E-state index contributed by atoms with van der Waals surface area (Å²) in [4.78, 5) is -0.00187. The third-order valence-corrected chi connectivity index (χ3v) is 3.88. The molecule has 94 valence electrons. The molecule has 0 aliphatic carbocycles. The van der Waals surface area contributed by atoms with Gasteiger partial charge in [0, 0.05) is 6.54 Å². The van der Waals surface area contributed by atoms with E-state index in [-0.39, 0.29) is 4.90 Å². The van der Waals surface area contributed by atoms with Crippen molar-refractivity contribution in [1.29, 1.82) is 0 Å². The fourth-order valence-electron chi connectivity index (χ4n) is 1.38. The van der Waals surface area contributed by atoms with Crippen molar-refractivity contribution in [2.75, 3.05) is 6.54 Å². The zero-order valence-electron chi connectivity index (χ0n) is 9.90. The maximum Gasteiger partial charge on any atom is 0.240 e. The first-order valence-electron chi connectivity index (χ1n) is 5.34. The highest BCUT2D eigenvalue weighted by Crippen LogP contribution is 2.15. The summed E-state index contributed by atoms with van der Waals surface area (Å²) in [5.41, 5.74) is 0.532. The Kier molecular flexibility index (Phi) is 4.84. The van der Waals surface area contributed by atoms with Gasteiger partial charge in [0.15, 0.2) is 0 Å². The van der Waals surface area contributed by atoms with Gasteiger partial charge in [0.05, 0.1) is 4.90 Å². The maximum atomic E-state index is 13.0. The van der Waals surface area contributed by atoms with Crippen LogP contribution in [0.5, 0.6) is 0 Å². The molecule has 0 atom stereocenters. The van der Waals surface area contributed by atoms with E-state index in [9.17, 15) is 12.8 Å². The molecule has 0 radical (unpaired) electrons. The van der Waals surface area contributed by atoms with Crippen LogP contribution >= 0.6 is 0 Å². The standard InChI is InChI=1S/C12H16FNO2S/c1-3-4-5-8-14-17(15,16)12-9-11(13)7-6-10(12)2/h3-4,6-7,9,14H,5,8H2,1-2H3/b4-3+. The molecule has 0 fully saturated rings. The van der Waals surface area contributed by atoms with Crippen molar-refractivity contribution in [2.45, 2.75) is 25.2 Å². The molecular weight excluding hydrogens is 241 g/mol. The second kappa shape index (κ2) is 5.93. The molecule has 3 nitrogen and oxygen atoms in total. The average Bonchev–Trinajstić information content (AvgIpc) is 2.28. The van der Waals surface area contributed by atoms with Gasteiger partial charge >= 0.3 is 0 Å². The summed E-state index contributed by atoms with van der Waals surface area (Å²) in [6.45, 7) is 3.81. The zero-order valence-corrected chi connectivity index (χ0v) is 10.7. The Morgan fingerprint density at radius 2 is 2.12 bits per heavy atom. The Bertz CT molecular complexity index is 509. The van der Waals surface area contributed by atoms with Crippen LogP contribution in [-0.2, 0) is 10.0 Å². The fourth-order valence-corrected chi connectivity index (χ4v) is 2.69. The van der Waals surface area contributed by atoms with Gasteiger partial charge in [-0.1, -0.05) is 18.2 Å². The van der Waals surface area contributed by atoms with Crippen molar-refractivity contribution in [3.8, 4) is 0 Å². The number of sulfonamides is 1. The molecule has 0 aliphatic heterocycles. The summed E-state index contributed by atoms with van der Waals surface area (Å²) in [5.74, 6) is -0.551. The van der Waals surface area contributed by atoms with Crippen LogP contribution in [0.3, 0.4) is 0 Å². The Morgan fingerprint density at radius 3 is 2.76 bits per heavy atom. The molecule has 5 heteroatoms. The second-order valence-corrected chi connectivity index (χ2v) is 5.40. The molecule has 1 rings (SSSR count). The van der Waals surface area contributed by atoms with E-state index in [1.165, 1.54) is 12.1 Å². The predicted octanol–water partition coefficient (Wildman–Crippen LogP) is 2.38. The molecule has 0 unspecified atom stereocenters. The summed E-state index contributed by atoms with van der Waals surface area (Å²) in [6, 6.07) is 3.73. The van der Waals surface area contributed by atoms with Gasteiger partial charge in [0.1, 0.15) is 5.82 Å². The highest BCUT2D eigenvalue weighted by molar-refractivity contribution is 7.89. The van der Waals surface area contributed by atoms with Crippen LogP contribution in [-0.4, -0.2) is 15.0 Å². The van der Waals surface area contributed by atoms with Crippen LogP contribution in [0.15, 0.2) is 35.2 Å². The molecule has 0 aliphatic rings. The Labute approximate surface area is 101 Å². The van der Waals surface area contributed by atoms with Gasteiger partial charge in [-0.3, -0.25) is 0 Å². The van der Waals surface area contributed by atoms with Crippen molar-refractivity contribution in [3.63, 3.8) is 0 Å². The van der Waals surface area contributed by atoms with Crippen molar-refractivity contribution >= 4 is 10.0 Å². The van der Waals surface area contributed by atoms with Crippen LogP contribution in [0.2, 0.25) is 0 Å². The summed E-state index contributed by atoms with van der Waals surface area (Å²) in [5, 5.41) is 0. The van der Waals surface area contributed by atoms with Gasteiger partial charge in [-0.05, 0) is 38.0 Å². The van der Waals surface area contributed by atoms with Crippen molar-refractivity contribution < 1.29 is 12.8 Å². The lowest BCUT2D eigenvalue weighted by Gasteiger charge is -2.08. The van der Waals surface area contributed by atoms with E-state index < -0.39 is 15.8 Å². The topological polar surface area (TPSA) is 46.2 Å². The molecule has 17 heavy (non-hydrogen) atoms. The predicted molar refractivity (Wildman–Crippen MR) is 65.8 cm³/mol. The smallest absolute Gasteiger partial charge is 0.211 e. The molecule has 0 saturated carbocycles. The largest absolute Gasteiger partial charge is 0.240 e. The normalized spacial score (nSPS) is 12.2. The lowest BCUT2D eigenvalue weighted by atomic mass is 10.2. The van der Waals surface area contributed by atoms with E-state index in [1.54, 1.807) is 6.92 Å². The summed E-state index contributed by atoms with van der Waals surface area (Å²) in [7, 11) is -3.62. The summed E-state index contributed by atoms with van der Waals surface area (Å²) >= 11 is 0. The second-order valence-electron chi connectivity index (χ2n) is 3.67. The summed E-state index contributed by atoms with van der Waals surface area (Å²) in [6.07, 6.45) is 4.33. The molecule has 0 aromatic heterocycles. The molecule has 1 aromatic rings. The number of rotatable bonds is 5. The Hall–Kier alpha value is -1.20. The summed E-state index contributed by atoms with van der Waals surface area (Å²) < 4.78 is 39.2. The van der Waals surface area contributed by atoms with Gasteiger partial charge in [-0.15, -0.1) is 0 Å². The molecule has 1 aromatic carbocycles. The number of hydrogen-bond acceptors (Lipinski definition) is 2. The minimum Gasteiger partial charge on any atom is -0.211 e. The Morgan fingerprint density at radius 1 is 1.41 bits per heavy atom. The molecule has 0 saturated heterocycles. The van der Waals surface area contributed by atoms with E-state index in [2.05, 4.69) is 4.72 Å². The van der Waals surface area contributed by atoms with Crippen LogP contribution in [0.4, 0.5) is 4.39 Å². The van der Waals surface area contributed by atoms with Crippen LogP contribution in [0.1, 0.15) is 18.9 Å². The zero-order chi connectivity index (χ0) is 12.9. The molecule has 0 heterocycles. The van der Waals surface area contributed by atoms with Crippen LogP contribution in [0, 0.1) is 12.7 Å². The molecule has 1 N–H and O–H groups in total. The molecular formula is C12H16FNO2S. The monoisotopic (exact) mass is 257 g/mol. The SMILES string of the molecule is C/C=C/CCNS(=O)(=O)c1cc(F)ccc1C. The number of aryl methyl sites for hydroxylation is 1. The van der Waals surface area contributed by atoms with Crippen LogP contribution < -0.4 is 4.72 Å². The van der Waals surface area contributed by atoms with E-state index in [4.69, 9.17) is 0 Å². The number of benzene rings is 1. The van der Waals surface area contributed by atoms with Gasteiger partial charge in [-0.2, -0.15) is 0 Å². The highest BCUT2D eigenvalue weighted by Gasteiger charge is 2.16. The maximum absolute atomic E-state index is 13.0. The fraction of sp³-hybridized carbons (Fsp3) is 0.333. The molecule has 0 spiro atoms. The van der Waals surface area contributed by atoms with Gasteiger partial charge in [0.2, 0.25) is 10.0 Å². The first kappa shape index (κ1) is 13.9. The van der Waals surface area contributed by atoms with Gasteiger partial charge in [-0.25, -0.2) is 17.5 Å². The number of halogens is 1. The van der Waals surface area contributed by atoms with Gasteiger partial charge in [0.25, 0.3) is 0 Å². The Balaban J connectivity index is 2.86. The third kappa shape index (κ3) is 3.94. The van der Waals surface area contributed by atoms with Gasteiger partial charge < -0.3 is 0 Å². The quantitative estimate of drug-likeness (QED) is 0.650. The van der Waals surface area contributed by atoms with E-state index in [0.717, 1.165) is 6.07 Å². The lowest BCUT2D eigenvalue weighted by molar-refractivity contribution is 0.577. The van der Waals surface area contributed by atoms with E-state index >= 15 is 0 Å².